The van der Waals surface area contributed by atoms with Gasteiger partial charge in [0.15, 0.2) is 5.96 Å². The second-order valence-corrected chi connectivity index (χ2v) is 5.72. The molecule has 1 aromatic heterocycles. The van der Waals surface area contributed by atoms with Gasteiger partial charge in [-0.1, -0.05) is 23.4 Å². The lowest BCUT2D eigenvalue weighted by atomic mass is 10.1. The van der Waals surface area contributed by atoms with Gasteiger partial charge >= 0.3 is 0 Å². The normalized spacial score (nSPS) is 11.0. The van der Waals surface area contributed by atoms with E-state index in [1.54, 1.807) is 0 Å². The maximum Gasteiger partial charge on any atom is 0.191 e. The van der Waals surface area contributed by atoms with Gasteiger partial charge in [-0.2, -0.15) is 0 Å². The highest BCUT2D eigenvalue weighted by atomic mass is 127. The molecule has 7 heteroatoms. The van der Waals surface area contributed by atoms with Gasteiger partial charge in [-0.05, 0) is 40.2 Å². The quantitative estimate of drug-likeness (QED) is 0.349. The average molecular weight is 472 g/mol. The van der Waals surface area contributed by atoms with Crippen molar-refractivity contribution in [2.75, 3.05) is 19.7 Å². The Bertz CT molecular complexity index is 681. The summed E-state index contributed by atoms with van der Waals surface area (Å²) in [6.45, 7) is 10.7. The minimum atomic E-state index is 0. The molecule has 0 atom stereocenters. The first-order valence-electron chi connectivity index (χ1n) is 8.80. The Morgan fingerprint density at radius 3 is 2.62 bits per heavy atom. The topological polar surface area (TPSA) is 71.7 Å². The third-order valence-corrected chi connectivity index (χ3v) is 3.87. The first-order valence-corrected chi connectivity index (χ1v) is 8.80. The monoisotopic (exact) mass is 472 g/mol. The fraction of sp³-hybridized carbons (Fsp3) is 0.474. The molecule has 2 rings (SSSR count). The van der Waals surface area contributed by atoms with Crippen LogP contribution in [0.3, 0.4) is 0 Å². The molecule has 2 N–H and O–H groups in total. The zero-order chi connectivity index (χ0) is 18.1. The molecule has 0 saturated carbocycles. The smallest absolute Gasteiger partial charge is 0.191 e. The molecule has 26 heavy (non-hydrogen) atoms. The molecule has 0 unspecified atom stereocenters. The number of hydrogen-bond donors (Lipinski definition) is 2. The Balaban J connectivity index is 0.00000338. The van der Waals surface area contributed by atoms with Crippen LogP contribution >= 0.6 is 24.0 Å². The summed E-state index contributed by atoms with van der Waals surface area (Å²) in [6.07, 6.45) is 0.848. The van der Waals surface area contributed by atoms with Crippen LogP contribution in [0.15, 0.2) is 33.8 Å². The Labute approximate surface area is 172 Å². The van der Waals surface area contributed by atoms with Crippen LogP contribution in [0.2, 0.25) is 0 Å². The first-order chi connectivity index (χ1) is 12.2. The molecular formula is C19H29IN4O2. The molecule has 6 nitrogen and oxygen atoms in total. The third kappa shape index (κ3) is 6.51. The number of aliphatic imine (C=N–C) groups is 1. The minimum absolute atomic E-state index is 0. The Hall–Kier alpha value is -1.77. The molecule has 0 aliphatic carbocycles. The molecule has 2 aromatic rings. The number of nitrogens with zero attached hydrogens (tertiary/aromatic N) is 2. The van der Waals surface area contributed by atoms with Gasteiger partial charge in [0.25, 0.3) is 0 Å². The summed E-state index contributed by atoms with van der Waals surface area (Å²) in [5, 5.41) is 10.6. The van der Waals surface area contributed by atoms with Crippen molar-refractivity contribution in [3.05, 3.63) is 46.8 Å². The molecule has 0 spiro atoms. The molecule has 0 fully saturated rings. The summed E-state index contributed by atoms with van der Waals surface area (Å²) in [6, 6.07) is 8.00. The van der Waals surface area contributed by atoms with E-state index in [0.29, 0.717) is 13.2 Å². The van der Waals surface area contributed by atoms with Gasteiger partial charge in [-0.3, -0.25) is 0 Å². The molecule has 144 valence electrons. The Morgan fingerprint density at radius 1 is 1.19 bits per heavy atom. The molecule has 0 radical (unpaired) electrons. The van der Waals surface area contributed by atoms with E-state index in [4.69, 9.17) is 9.26 Å². The van der Waals surface area contributed by atoms with Gasteiger partial charge < -0.3 is 19.9 Å². The second kappa shape index (κ2) is 11.8. The summed E-state index contributed by atoms with van der Waals surface area (Å²) >= 11 is 0. The maximum absolute atomic E-state index is 5.66. The highest BCUT2D eigenvalue weighted by Crippen LogP contribution is 2.18. The molecule has 0 amide bonds. The van der Waals surface area contributed by atoms with E-state index in [1.807, 2.05) is 45.0 Å². The number of rotatable bonds is 8. The largest absolute Gasteiger partial charge is 0.494 e. The van der Waals surface area contributed by atoms with E-state index in [2.05, 4.69) is 27.7 Å². The fourth-order valence-electron chi connectivity index (χ4n) is 2.60. The van der Waals surface area contributed by atoms with Crippen molar-refractivity contribution < 1.29 is 9.26 Å². The van der Waals surface area contributed by atoms with Crippen LogP contribution in [0.1, 0.15) is 36.4 Å². The lowest BCUT2D eigenvalue weighted by Gasteiger charge is -2.12. The number of nitrogens with one attached hydrogen (secondary N) is 2. The number of aromatic nitrogens is 1. The number of guanidine groups is 1. The number of benzene rings is 1. The van der Waals surface area contributed by atoms with E-state index in [-0.39, 0.29) is 24.0 Å². The van der Waals surface area contributed by atoms with Crippen LogP contribution < -0.4 is 15.4 Å². The van der Waals surface area contributed by atoms with E-state index < -0.39 is 0 Å². The van der Waals surface area contributed by atoms with Crippen molar-refractivity contribution in [3.63, 3.8) is 0 Å². The maximum atomic E-state index is 5.66. The molecule has 0 saturated heterocycles. The van der Waals surface area contributed by atoms with Gasteiger partial charge in [0.2, 0.25) is 0 Å². The van der Waals surface area contributed by atoms with Crippen molar-refractivity contribution in [3.8, 4) is 5.75 Å². The van der Waals surface area contributed by atoms with Crippen LogP contribution in [0.4, 0.5) is 0 Å². The highest BCUT2D eigenvalue weighted by Gasteiger charge is 2.09. The second-order valence-electron chi connectivity index (χ2n) is 5.72. The average Bonchev–Trinajstić information content (AvgIpc) is 2.93. The molecule has 0 aliphatic rings. The van der Waals surface area contributed by atoms with Crippen molar-refractivity contribution in [2.45, 2.75) is 40.7 Å². The highest BCUT2D eigenvalue weighted by molar-refractivity contribution is 14.0. The molecule has 1 heterocycles. The van der Waals surface area contributed by atoms with Crippen molar-refractivity contribution in [1.82, 2.24) is 15.8 Å². The van der Waals surface area contributed by atoms with Crippen LogP contribution in [0, 0.1) is 13.8 Å². The zero-order valence-electron chi connectivity index (χ0n) is 16.0. The molecule has 0 bridgehead atoms. The predicted octanol–water partition coefficient (Wildman–Crippen LogP) is 3.61. The van der Waals surface area contributed by atoms with E-state index >= 15 is 0 Å². The van der Waals surface area contributed by atoms with Gasteiger partial charge in [-0.15, -0.1) is 24.0 Å². The standard InChI is InChI=1S/C19H28N4O2.HI/c1-5-20-19(21-12-11-17-14(3)23-25-15(17)4)22-13-16-9-7-8-10-18(16)24-6-2;/h7-10H,5-6,11-13H2,1-4H3,(H2,20,21,22);1H. The lowest BCUT2D eigenvalue weighted by Crippen LogP contribution is -2.38. The minimum Gasteiger partial charge on any atom is -0.494 e. The van der Waals surface area contributed by atoms with E-state index in [9.17, 15) is 0 Å². The number of halogens is 1. The molecular weight excluding hydrogens is 443 g/mol. The summed E-state index contributed by atoms with van der Waals surface area (Å²) in [7, 11) is 0. The summed E-state index contributed by atoms with van der Waals surface area (Å²) in [5.41, 5.74) is 3.18. The first kappa shape index (κ1) is 22.3. The van der Waals surface area contributed by atoms with E-state index in [1.165, 1.54) is 0 Å². The summed E-state index contributed by atoms with van der Waals surface area (Å²) < 4.78 is 10.9. The predicted molar refractivity (Wildman–Crippen MR) is 116 cm³/mol. The molecule has 0 aliphatic heterocycles. The van der Waals surface area contributed by atoms with Crippen LogP contribution in [0.25, 0.3) is 0 Å². The summed E-state index contributed by atoms with van der Waals surface area (Å²) in [5.74, 6) is 2.56. The van der Waals surface area contributed by atoms with Crippen molar-refractivity contribution in [1.29, 1.82) is 0 Å². The Morgan fingerprint density at radius 2 is 1.96 bits per heavy atom. The SMILES string of the molecule is CCNC(=NCc1ccccc1OCC)NCCc1c(C)noc1C.I. The van der Waals surface area contributed by atoms with E-state index in [0.717, 1.165) is 53.8 Å². The number of para-hydroxylation sites is 1. The van der Waals surface area contributed by atoms with Crippen LogP contribution in [-0.4, -0.2) is 30.8 Å². The van der Waals surface area contributed by atoms with Gasteiger partial charge in [0, 0.05) is 24.2 Å². The Kier molecular flexibility index (Phi) is 10.1. The van der Waals surface area contributed by atoms with Crippen molar-refractivity contribution >= 4 is 29.9 Å². The van der Waals surface area contributed by atoms with Gasteiger partial charge in [0.1, 0.15) is 11.5 Å². The number of aryl methyl sites for hydroxylation is 2. The van der Waals surface area contributed by atoms with Gasteiger partial charge in [-0.25, -0.2) is 4.99 Å². The van der Waals surface area contributed by atoms with Gasteiger partial charge in [0.05, 0.1) is 18.8 Å². The van der Waals surface area contributed by atoms with Crippen LogP contribution in [-0.2, 0) is 13.0 Å². The summed E-state index contributed by atoms with van der Waals surface area (Å²) in [4.78, 5) is 4.67. The lowest BCUT2D eigenvalue weighted by molar-refractivity contribution is 0.336. The number of hydrogen-bond acceptors (Lipinski definition) is 4. The molecule has 1 aromatic carbocycles. The fourth-order valence-corrected chi connectivity index (χ4v) is 2.60. The third-order valence-electron chi connectivity index (χ3n) is 3.87. The van der Waals surface area contributed by atoms with Crippen molar-refractivity contribution in [2.24, 2.45) is 4.99 Å². The zero-order valence-corrected chi connectivity index (χ0v) is 18.3. The van der Waals surface area contributed by atoms with Crippen LogP contribution in [0.5, 0.6) is 5.75 Å². The number of ether oxygens (including phenoxy) is 1.